The van der Waals surface area contributed by atoms with Crippen LogP contribution in [0.4, 0.5) is 26.9 Å². The van der Waals surface area contributed by atoms with E-state index in [1.165, 1.54) is 7.11 Å². The van der Waals surface area contributed by atoms with Crippen LogP contribution in [0, 0.1) is 0 Å². The highest BCUT2D eigenvalue weighted by Gasteiger charge is 2.10. The van der Waals surface area contributed by atoms with Gasteiger partial charge in [0, 0.05) is 23.2 Å². The summed E-state index contributed by atoms with van der Waals surface area (Å²) >= 11 is 0. The average molecular weight is 467 g/mol. The Morgan fingerprint density at radius 2 is 1.63 bits per heavy atom. The molecule has 0 aliphatic heterocycles. The summed E-state index contributed by atoms with van der Waals surface area (Å²) in [4.78, 5) is 31.3. The lowest BCUT2D eigenvalue weighted by Gasteiger charge is -2.11. The van der Waals surface area contributed by atoms with E-state index in [1.54, 1.807) is 42.5 Å². The number of nitrogens with zero attached hydrogens (tertiary/aromatic N) is 1. The number of fused-ring (bicyclic) bond motifs is 2. The van der Waals surface area contributed by atoms with Gasteiger partial charge in [-0.25, -0.2) is 14.6 Å². The third-order valence-corrected chi connectivity index (χ3v) is 5.22. The molecule has 174 valence electrons. The minimum atomic E-state index is -0.616. The van der Waals surface area contributed by atoms with E-state index in [2.05, 4.69) is 30.7 Å². The Balaban J connectivity index is 1.27. The maximum atomic E-state index is 12.6. The van der Waals surface area contributed by atoms with E-state index in [0.717, 1.165) is 16.5 Å². The molecule has 0 spiro atoms. The van der Waals surface area contributed by atoms with Crippen molar-refractivity contribution in [1.82, 2.24) is 9.97 Å². The second-order valence-corrected chi connectivity index (χ2v) is 7.62. The number of carbonyl (C=O) groups is 2. The van der Waals surface area contributed by atoms with Gasteiger partial charge in [-0.1, -0.05) is 42.5 Å². The topological polar surface area (TPSA) is 117 Å². The van der Waals surface area contributed by atoms with Gasteiger partial charge in [0.1, 0.15) is 11.5 Å². The smallest absolute Gasteiger partial charge is 0.413 e. The molecule has 0 unspecified atom stereocenters. The molecule has 4 N–H and O–H groups in total. The molecule has 5 rings (SSSR count). The number of benzene rings is 4. The number of aromatic nitrogens is 2. The third-order valence-electron chi connectivity index (χ3n) is 5.22. The minimum Gasteiger partial charge on any atom is -0.457 e. The molecule has 3 amide bonds. The molecule has 9 heteroatoms. The van der Waals surface area contributed by atoms with E-state index in [4.69, 9.17) is 4.74 Å². The summed E-state index contributed by atoms with van der Waals surface area (Å²) in [5.41, 5.74) is 2.64. The molecule has 0 saturated carbocycles. The summed E-state index contributed by atoms with van der Waals surface area (Å²) in [7, 11) is 1.28. The fraction of sp³-hybridized carbons (Fsp3) is 0.0385. The maximum absolute atomic E-state index is 12.6. The first-order chi connectivity index (χ1) is 17.1. The standard InChI is InChI=1S/C26H21N5O4/c1-34-26(33)31-24-28-22-13-12-19(15-23(22)29-24)35-18-9-5-8-17(14-18)27-25(32)30-21-11-4-7-16-6-2-3-10-20(16)21/h2-15H,1H3,(H2,27,30,32)(H2,28,29,31,33). The number of amides is 3. The van der Waals surface area contributed by atoms with Crippen molar-refractivity contribution in [3.05, 3.63) is 84.9 Å². The molecular weight excluding hydrogens is 446 g/mol. The third kappa shape index (κ3) is 4.98. The van der Waals surface area contributed by atoms with Crippen LogP contribution < -0.4 is 20.7 Å². The van der Waals surface area contributed by atoms with Crippen LogP contribution in [-0.2, 0) is 4.74 Å². The van der Waals surface area contributed by atoms with E-state index in [-0.39, 0.29) is 12.0 Å². The van der Waals surface area contributed by atoms with Crippen LogP contribution in [-0.4, -0.2) is 29.2 Å². The van der Waals surface area contributed by atoms with Gasteiger partial charge in [-0.3, -0.25) is 5.32 Å². The van der Waals surface area contributed by atoms with Gasteiger partial charge in [0.15, 0.2) is 0 Å². The highest BCUT2D eigenvalue weighted by atomic mass is 16.5. The van der Waals surface area contributed by atoms with Crippen molar-refractivity contribution in [2.75, 3.05) is 23.1 Å². The number of aromatic amines is 1. The zero-order valence-electron chi connectivity index (χ0n) is 18.7. The molecular formula is C26H21N5O4. The average Bonchev–Trinajstić information content (AvgIpc) is 3.26. The van der Waals surface area contributed by atoms with Crippen LogP contribution in [0.5, 0.6) is 11.5 Å². The highest BCUT2D eigenvalue weighted by Crippen LogP contribution is 2.28. The summed E-state index contributed by atoms with van der Waals surface area (Å²) in [6.07, 6.45) is -0.616. The van der Waals surface area contributed by atoms with Crippen LogP contribution in [0.2, 0.25) is 0 Å². The lowest BCUT2D eigenvalue weighted by atomic mass is 10.1. The first kappa shape index (κ1) is 21.8. The predicted molar refractivity (Wildman–Crippen MR) is 135 cm³/mol. The number of methoxy groups -OCH3 is 1. The number of ether oxygens (including phenoxy) is 2. The van der Waals surface area contributed by atoms with Crippen LogP contribution in [0.15, 0.2) is 84.9 Å². The van der Waals surface area contributed by atoms with Gasteiger partial charge in [-0.05, 0) is 35.7 Å². The molecule has 0 fully saturated rings. The van der Waals surface area contributed by atoms with E-state index in [9.17, 15) is 9.59 Å². The SMILES string of the molecule is COC(=O)Nc1nc2ccc(Oc3cccc(NC(=O)Nc4cccc5ccccc45)c3)cc2[nH]1. The van der Waals surface area contributed by atoms with Crippen molar-refractivity contribution in [2.24, 2.45) is 0 Å². The van der Waals surface area contributed by atoms with Gasteiger partial charge in [0.25, 0.3) is 0 Å². The number of hydrogen-bond acceptors (Lipinski definition) is 5. The van der Waals surface area contributed by atoms with E-state index >= 15 is 0 Å². The van der Waals surface area contributed by atoms with E-state index in [1.807, 2.05) is 42.5 Å². The molecule has 0 saturated heterocycles. The molecule has 4 aromatic carbocycles. The molecule has 0 bridgehead atoms. The zero-order valence-corrected chi connectivity index (χ0v) is 18.7. The number of hydrogen-bond donors (Lipinski definition) is 4. The molecule has 1 aromatic heterocycles. The van der Waals surface area contributed by atoms with Gasteiger partial charge in [-0.2, -0.15) is 0 Å². The Hall–Kier alpha value is -5.05. The predicted octanol–water partition coefficient (Wildman–Crippen LogP) is 6.33. The van der Waals surface area contributed by atoms with Crippen molar-refractivity contribution >= 4 is 51.3 Å². The van der Waals surface area contributed by atoms with Crippen molar-refractivity contribution in [3.63, 3.8) is 0 Å². The van der Waals surface area contributed by atoms with Gasteiger partial charge < -0.3 is 25.1 Å². The normalized spacial score (nSPS) is 10.7. The molecule has 9 nitrogen and oxygen atoms in total. The number of urea groups is 1. The largest absolute Gasteiger partial charge is 0.457 e. The molecule has 1 heterocycles. The summed E-state index contributed by atoms with van der Waals surface area (Å²) in [5, 5.41) is 10.2. The van der Waals surface area contributed by atoms with Gasteiger partial charge in [-0.15, -0.1) is 0 Å². The summed E-state index contributed by atoms with van der Waals surface area (Å²) in [6, 6.07) is 25.6. The van der Waals surface area contributed by atoms with Crippen molar-refractivity contribution in [2.45, 2.75) is 0 Å². The number of nitrogens with one attached hydrogen (secondary N) is 4. The molecule has 35 heavy (non-hydrogen) atoms. The molecule has 0 aliphatic rings. The van der Waals surface area contributed by atoms with Gasteiger partial charge in [0.05, 0.1) is 23.8 Å². The fourth-order valence-corrected chi connectivity index (χ4v) is 3.65. The van der Waals surface area contributed by atoms with Crippen LogP contribution in [0.3, 0.4) is 0 Å². The van der Waals surface area contributed by atoms with Crippen molar-refractivity contribution < 1.29 is 19.1 Å². The van der Waals surface area contributed by atoms with E-state index < -0.39 is 6.09 Å². The summed E-state index contributed by atoms with van der Waals surface area (Å²) < 4.78 is 10.5. The first-order valence-electron chi connectivity index (χ1n) is 10.8. The lowest BCUT2D eigenvalue weighted by Crippen LogP contribution is -2.19. The molecule has 0 aliphatic carbocycles. The van der Waals surface area contributed by atoms with Crippen molar-refractivity contribution in [3.8, 4) is 11.5 Å². The van der Waals surface area contributed by atoms with Crippen LogP contribution >= 0.6 is 0 Å². The monoisotopic (exact) mass is 467 g/mol. The lowest BCUT2D eigenvalue weighted by molar-refractivity contribution is 0.186. The molecule has 0 atom stereocenters. The zero-order chi connectivity index (χ0) is 24.2. The number of rotatable bonds is 5. The Morgan fingerprint density at radius 3 is 2.51 bits per heavy atom. The number of imidazole rings is 1. The van der Waals surface area contributed by atoms with Crippen molar-refractivity contribution in [1.29, 1.82) is 0 Å². The fourth-order valence-electron chi connectivity index (χ4n) is 3.65. The summed E-state index contributed by atoms with van der Waals surface area (Å²) in [5.74, 6) is 1.37. The molecule has 0 radical (unpaired) electrons. The number of H-pyrrole nitrogens is 1. The Morgan fingerprint density at radius 1 is 0.829 bits per heavy atom. The second-order valence-electron chi connectivity index (χ2n) is 7.62. The second kappa shape index (κ2) is 9.44. The maximum Gasteiger partial charge on any atom is 0.413 e. The number of carbonyl (C=O) groups excluding carboxylic acids is 2. The minimum absolute atomic E-state index is 0.271. The summed E-state index contributed by atoms with van der Waals surface area (Å²) in [6.45, 7) is 0. The number of anilines is 3. The van der Waals surface area contributed by atoms with Gasteiger partial charge >= 0.3 is 12.1 Å². The van der Waals surface area contributed by atoms with Crippen LogP contribution in [0.25, 0.3) is 21.8 Å². The van der Waals surface area contributed by atoms with Gasteiger partial charge in [0.2, 0.25) is 5.95 Å². The Labute approximate surface area is 200 Å². The van der Waals surface area contributed by atoms with Crippen LogP contribution in [0.1, 0.15) is 0 Å². The quantitative estimate of drug-likeness (QED) is 0.241. The highest BCUT2D eigenvalue weighted by molar-refractivity contribution is 6.06. The molecule has 5 aromatic rings. The first-order valence-corrected chi connectivity index (χ1v) is 10.8. The van der Waals surface area contributed by atoms with E-state index in [0.29, 0.717) is 28.2 Å². The Kier molecular flexibility index (Phi) is 5.87. The Bertz CT molecular complexity index is 1540.